The van der Waals surface area contributed by atoms with Crippen LogP contribution in [0.15, 0.2) is 55.0 Å². The van der Waals surface area contributed by atoms with Crippen LogP contribution in [0.2, 0.25) is 0 Å². The summed E-state index contributed by atoms with van der Waals surface area (Å²) in [4.78, 5) is 11.2. The van der Waals surface area contributed by atoms with Crippen LogP contribution in [0.5, 0.6) is 5.75 Å². The first kappa shape index (κ1) is 18.0. The number of carbonyl (C=O) groups is 1. The van der Waals surface area contributed by atoms with Gasteiger partial charge in [-0.05, 0) is 30.2 Å². The maximum atomic E-state index is 11.2. The maximum Gasteiger partial charge on any atom is 1.00 e. The maximum absolute atomic E-state index is 11.2. The van der Waals surface area contributed by atoms with Crippen molar-refractivity contribution in [2.24, 2.45) is 0 Å². The third-order valence-corrected chi connectivity index (χ3v) is 3.53. The van der Waals surface area contributed by atoms with E-state index >= 15 is 0 Å². The predicted molar refractivity (Wildman–Crippen MR) is 80.3 cm³/mol. The fourth-order valence-electron chi connectivity index (χ4n) is 2.35. The zero-order valence-electron chi connectivity index (χ0n) is 13.5. The summed E-state index contributed by atoms with van der Waals surface area (Å²) in [6.07, 6.45) is 2.09. The number of hydrogen-bond acceptors (Lipinski definition) is 5. The minimum Gasteiger partial charge on any atom is -0.545 e. The molecule has 5 nitrogen and oxygen atoms in total. The van der Waals surface area contributed by atoms with Crippen molar-refractivity contribution in [2.45, 2.75) is 19.8 Å². The molecule has 0 saturated heterocycles. The number of rotatable bonds is 5. The SMILES string of the molecule is Cc1cc(OCc2ccccc2)c(C2OC=CO2)cc1C(=O)[O-].[Li+]. The molecule has 0 amide bonds. The molecule has 2 aromatic rings. The van der Waals surface area contributed by atoms with Crippen molar-refractivity contribution >= 4 is 5.97 Å². The van der Waals surface area contributed by atoms with Gasteiger partial charge in [-0.3, -0.25) is 0 Å². The summed E-state index contributed by atoms with van der Waals surface area (Å²) in [6, 6.07) is 12.8. The van der Waals surface area contributed by atoms with E-state index in [1.165, 1.54) is 18.6 Å². The number of ether oxygens (including phenoxy) is 3. The van der Waals surface area contributed by atoms with Gasteiger partial charge in [0.1, 0.15) is 24.9 Å². The molecular formula is C18H15LiO5. The van der Waals surface area contributed by atoms with Crippen LogP contribution in [0.1, 0.15) is 33.3 Å². The third-order valence-electron chi connectivity index (χ3n) is 3.53. The van der Waals surface area contributed by atoms with E-state index in [0.29, 0.717) is 23.5 Å². The minimum absolute atomic E-state index is 0. The van der Waals surface area contributed by atoms with Crippen LogP contribution >= 0.6 is 0 Å². The first-order valence-corrected chi connectivity index (χ1v) is 7.13. The van der Waals surface area contributed by atoms with Gasteiger partial charge < -0.3 is 24.1 Å². The number of hydrogen-bond donors (Lipinski definition) is 0. The van der Waals surface area contributed by atoms with Crippen molar-refractivity contribution in [1.29, 1.82) is 0 Å². The van der Waals surface area contributed by atoms with E-state index < -0.39 is 12.3 Å². The minimum atomic E-state index is -1.25. The molecular weight excluding hydrogens is 303 g/mol. The molecule has 0 fully saturated rings. The number of carbonyl (C=O) groups excluding carboxylic acids is 1. The van der Waals surface area contributed by atoms with Gasteiger partial charge in [0, 0.05) is 5.56 Å². The summed E-state index contributed by atoms with van der Waals surface area (Å²) in [7, 11) is 0. The van der Waals surface area contributed by atoms with E-state index in [1.807, 2.05) is 30.3 Å². The molecule has 0 aromatic heterocycles. The molecule has 6 heteroatoms. The molecule has 1 aliphatic rings. The molecule has 0 N–H and O–H groups in total. The van der Waals surface area contributed by atoms with Gasteiger partial charge in [0.2, 0.25) is 0 Å². The Hall–Kier alpha value is -2.35. The fourth-order valence-corrected chi connectivity index (χ4v) is 2.35. The van der Waals surface area contributed by atoms with Crippen molar-refractivity contribution in [3.8, 4) is 5.75 Å². The van der Waals surface area contributed by atoms with E-state index in [0.717, 1.165) is 5.56 Å². The van der Waals surface area contributed by atoms with E-state index in [9.17, 15) is 9.90 Å². The molecule has 2 aromatic carbocycles. The van der Waals surface area contributed by atoms with Crippen LogP contribution < -0.4 is 28.7 Å². The molecule has 0 spiro atoms. The molecule has 1 heterocycles. The molecule has 0 atom stereocenters. The molecule has 3 rings (SSSR count). The molecule has 0 aliphatic carbocycles. The zero-order chi connectivity index (χ0) is 16.2. The van der Waals surface area contributed by atoms with Crippen molar-refractivity contribution in [3.05, 3.63) is 77.2 Å². The van der Waals surface area contributed by atoms with Crippen LogP contribution in [-0.4, -0.2) is 5.97 Å². The molecule has 118 valence electrons. The molecule has 1 aliphatic heterocycles. The molecule has 0 bridgehead atoms. The Morgan fingerprint density at radius 1 is 1.17 bits per heavy atom. The van der Waals surface area contributed by atoms with Gasteiger partial charge >= 0.3 is 18.9 Å². The van der Waals surface area contributed by atoms with Crippen LogP contribution in [0.3, 0.4) is 0 Å². The summed E-state index contributed by atoms with van der Waals surface area (Å²) in [5.74, 6) is -0.727. The Balaban J connectivity index is 0.00000208. The monoisotopic (exact) mass is 318 g/mol. The average molecular weight is 318 g/mol. The number of aromatic carboxylic acids is 1. The van der Waals surface area contributed by atoms with Gasteiger partial charge in [0.15, 0.2) is 0 Å². The summed E-state index contributed by atoms with van der Waals surface area (Å²) in [5.41, 5.74) is 2.16. The van der Waals surface area contributed by atoms with Gasteiger partial charge in [-0.2, -0.15) is 0 Å². The summed E-state index contributed by atoms with van der Waals surface area (Å²) in [5, 5.41) is 11.2. The van der Waals surface area contributed by atoms with Crippen LogP contribution in [0, 0.1) is 6.92 Å². The van der Waals surface area contributed by atoms with Crippen molar-refractivity contribution in [2.75, 3.05) is 0 Å². The summed E-state index contributed by atoms with van der Waals surface area (Å²) in [6.45, 7) is 2.05. The van der Waals surface area contributed by atoms with Gasteiger partial charge in [-0.1, -0.05) is 30.3 Å². The smallest absolute Gasteiger partial charge is 0.545 e. The Morgan fingerprint density at radius 3 is 2.46 bits per heavy atom. The normalized spacial score (nSPS) is 12.9. The first-order valence-electron chi connectivity index (χ1n) is 7.13. The van der Waals surface area contributed by atoms with E-state index in [4.69, 9.17) is 14.2 Å². The Morgan fingerprint density at radius 2 is 1.83 bits per heavy atom. The second-order valence-electron chi connectivity index (χ2n) is 5.14. The topological polar surface area (TPSA) is 67.8 Å². The predicted octanol–water partition coefficient (Wildman–Crippen LogP) is -0.542. The van der Waals surface area contributed by atoms with Gasteiger partial charge in [0.05, 0.1) is 11.5 Å². The third kappa shape index (κ3) is 3.94. The van der Waals surface area contributed by atoms with Crippen molar-refractivity contribution in [3.63, 3.8) is 0 Å². The van der Waals surface area contributed by atoms with E-state index in [-0.39, 0.29) is 24.4 Å². The van der Waals surface area contributed by atoms with Gasteiger partial charge in [0.25, 0.3) is 6.29 Å². The second-order valence-corrected chi connectivity index (χ2v) is 5.14. The van der Waals surface area contributed by atoms with E-state index in [2.05, 4.69) is 0 Å². The Labute approximate surface area is 152 Å². The standard InChI is InChI=1S/C18H16O5.Li/c1-12-9-16(23-11-13-5-3-2-4-6-13)15(10-14(12)17(19)20)18-21-7-8-22-18;/h2-10,18H,11H2,1H3,(H,19,20);/q;+1/p-1. The summed E-state index contributed by atoms with van der Waals surface area (Å²) < 4.78 is 16.5. The van der Waals surface area contributed by atoms with Gasteiger partial charge in [-0.25, -0.2) is 0 Å². The quantitative estimate of drug-likeness (QED) is 0.693. The number of aryl methyl sites for hydroxylation is 1. The molecule has 24 heavy (non-hydrogen) atoms. The van der Waals surface area contributed by atoms with Crippen molar-refractivity contribution in [1.82, 2.24) is 0 Å². The Bertz CT molecular complexity index is 735. The largest absolute Gasteiger partial charge is 1.00 e. The fraction of sp³-hybridized carbons (Fsp3) is 0.167. The van der Waals surface area contributed by atoms with Crippen molar-refractivity contribution < 1.29 is 43.0 Å². The van der Waals surface area contributed by atoms with Crippen LogP contribution in [0.4, 0.5) is 0 Å². The number of benzene rings is 2. The molecule has 0 saturated carbocycles. The average Bonchev–Trinajstić information content (AvgIpc) is 3.08. The number of carboxylic acid groups (broad SMARTS) is 1. The van der Waals surface area contributed by atoms with E-state index in [1.54, 1.807) is 13.0 Å². The second kappa shape index (κ2) is 7.96. The molecule has 0 unspecified atom stereocenters. The van der Waals surface area contributed by atoms with Crippen LogP contribution in [0.25, 0.3) is 0 Å². The first-order chi connectivity index (χ1) is 11.1. The van der Waals surface area contributed by atoms with Gasteiger partial charge in [-0.15, -0.1) is 0 Å². The zero-order valence-corrected chi connectivity index (χ0v) is 13.5. The summed E-state index contributed by atoms with van der Waals surface area (Å²) >= 11 is 0. The molecule has 0 radical (unpaired) electrons. The Kier molecular flexibility index (Phi) is 5.97. The van der Waals surface area contributed by atoms with Crippen LogP contribution in [-0.2, 0) is 16.1 Å². The number of carboxylic acids is 1.